The Morgan fingerprint density at radius 3 is 2.38 bits per heavy atom. The molecule has 0 saturated carbocycles. The second-order valence-corrected chi connectivity index (χ2v) is 7.19. The quantitative estimate of drug-likeness (QED) is 0.499. The van der Waals surface area contributed by atoms with Gasteiger partial charge in [0, 0.05) is 28.8 Å². The fourth-order valence-electron chi connectivity index (χ4n) is 2.34. The molecule has 0 fully saturated rings. The van der Waals surface area contributed by atoms with Crippen molar-refractivity contribution in [1.82, 2.24) is 14.1 Å². The number of rotatable bonds is 4. The summed E-state index contributed by atoms with van der Waals surface area (Å²) in [5, 5.41) is 0.297. The van der Waals surface area contributed by atoms with Gasteiger partial charge in [0.05, 0.1) is 13.1 Å². The summed E-state index contributed by atoms with van der Waals surface area (Å²) in [4.78, 5) is 29.7. The van der Waals surface area contributed by atoms with Crippen LogP contribution in [0.5, 0.6) is 0 Å². The summed E-state index contributed by atoms with van der Waals surface area (Å²) in [7, 11) is 0. The van der Waals surface area contributed by atoms with Crippen LogP contribution < -0.4 is 11.2 Å². The number of aryl methyl sites for hydroxylation is 1. The standard InChI is InChI=1S/C16H11ClF3N3O2S/c1-8-5-21-14(26-8)7-23-15(24)4-13(17)22(16(23)25)6-9-2-11(19)12(20)3-10(9)18/h2-5H,6-7H2,1H3. The van der Waals surface area contributed by atoms with E-state index < -0.39 is 35.2 Å². The number of halogens is 4. The van der Waals surface area contributed by atoms with E-state index in [1.165, 1.54) is 11.3 Å². The zero-order valence-electron chi connectivity index (χ0n) is 13.3. The van der Waals surface area contributed by atoms with Gasteiger partial charge in [-0.1, -0.05) is 11.6 Å². The van der Waals surface area contributed by atoms with Gasteiger partial charge in [0.15, 0.2) is 11.6 Å². The van der Waals surface area contributed by atoms with Crippen LogP contribution in [0.3, 0.4) is 0 Å². The number of benzene rings is 1. The molecular formula is C16H11ClF3N3O2S. The number of hydrogen-bond donors (Lipinski definition) is 0. The molecule has 0 aliphatic rings. The Hall–Kier alpha value is -2.39. The van der Waals surface area contributed by atoms with E-state index in [-0.39, 0.29) is 17.3 Å². The maximum absolute atomic E-state index is 13.9. The number of aromatic nitrogens is 3. The predicted octanol–water partition coefficient (Wildman–Crippen LogP) is 2.94. The van der Waals surface area contributed by atoms with Gasteiger partial charge in [0.2, 0.25) is 0 Å². The molecule has 136 valence electrons. The first-order valence-corrected chi connectivity index (χ1v) is 8.50. The zero-order chi connectivity index (χ0) is 19.0. The summed E-state index contributed by atoms with van der Waals surface area (Å²) in [5.41, 5.74) is -1.72. The SMILES string of the molecule is Cc1cnc(Cn2c(=O)cc(Cl)n(Cc3cc(F)c(F)cc3F)c2=O)s1. The lowest BCUT2D eigenvalue weighted by Gasteiger charge is -2.12. The van der Waals surface area contributed by atoms with Gasteiger partial charge in [-0.15, -0.1) is 11.3 Å². The van der Waals surface area contributed by atoms with Crippen molar-refractivity contribution in [3.8, 4) is 0 Å². The van der Waals surface area contributed by atoms with Gasteiger partial charge in [-0.3, -0.25) is 13.9 Å². The van der Waals surface area contributed by atoms with Crippen LogP contribution >= 0.6 is 22.9 Å². The van der Waals surface area contributed by atoms with E-state index in [1.807, 2.05) is 6.92 Å². The average Bonchev–Trinajstić information content (AvgIpc) is 2.97. The zero-order valence-corrected chi connectivity index (χ0v) is 14.9. The number of thiazole rings is 1. The van der Waals surface area contributed by atoms with E-state index in [4.69, 9.17) is 11.6 Å². The Morgan fingerprint density at radius 2 is 1.73 bits per heavy atom. The Labute approximate surface area is 153 Å². The van der Waals surface area contributed by atoms with Crippen LogP contribution in [0, 0.1) is 24.4 Å². The topological polar surface area (TPSA) is 56.9 Å². The second-order valence-electron chi connectivity index (χ2n) is 5.48. The van der Waals surface area contributed by atoms with Gasteiger partial charge in [-0.25, -0.2) is 22.9 Å². The highest BCUT2D eigenvalue weighted by Gasteiger charge is 2.16. The first-order valence-electron chi connectivity index (χ1n) is 7.31. The monoisotopic (exact) mass is 401 g/mol. The molecule has 0 atom stereocenters. The third kappa shape index (κ3) is 3.58. The molecule has 5 nitrogen and oxygen atoms in total. The summed E-state index contributed by atoms with van der Waals surface area (Å²) in [5.74, 6) is -3.62. The normalized spacial score (nSPS) is 11.1. The van der Waals surface area contributed by atoms with Crippen molar-refractivity contribution >= 4 is 22.9 Å². The van der Waals surface area contributed by atoms with Gasteiger partial charge in [0.1, 0.15) is 16.0 Å². The molecule has 2 aromatic heterocycles. The highest BCUT2D eigenvalue weighted by molar-refractivity contribution is 7.11. The summed E-state index contributed by atoms with van der Waals surface area (Å²) < 4.78 is 42.1. The van der Waals surface area contributed by atoms with Gasteiger partial charge in [0.25, 0.3) is 5.56 Å². The first-order chi connectivity index (χ1) is 12.3. The van der Waals surface area contributed by atoms with Crippen molar-refractivity contribution in [2.75, 3.05) is 0 Å². The number of nitrogens with zero attached hydrogens (tertiary/aromatic N) is 3. The third-order valence-corrected chi connectivity index (χ3v) is 4.82. The molecule has 3 rings (SSSR count). The molecule has 10 heteroatoms. The maximum atomic E-state index is 13.9. The maximum Gasteiger partial charge on any atom is 0.332 e. The second kappa shape index (κ2) is 7.08. The van der Waals surface area contributed by atoms with Crippen LogP contribution in [0.2, 0.25) is 5.15 Å². The molecule has 0 bridgehead atoms. The lowest BCUT2D eigenvalue weighted by Crippen LogP contribution is -2.40. The van der Waals surface area contributed by atoms with Crippen LogP contribution in [0.4, 0.5) is 13.2 Å². The Balaban J connectivity index is 2.05. The molecule has 0 saturated heterocycles. The van der Waals surface area contributed by atoms with Crippen LogP contribution in [0.1, 0.15) is 15.4 Å². The van der Waals surface area contributed by atoms with Gasteiger partial charge in [-0.2, -0.15) is 0 Å². The fraction of sp³-hybridized carbons (Fsp3) is 0.188. The molecule has 0 unspecified atom stereocenters. The molecule has 3 aromatic rings. The van der Waals surface area contributed by atoms with E-state index >= 15 is 0 Å². The van der Waals surface area contributed by atoms with Crippen molar-refractivity contribution in [3.63, 3.8) is 0 Å². The summed E-state index contributed by atoms with van der Waals surface area (Å²) in [6.45, 7) is 1.29. The molecule has 0 aliphatic carbocycles. The van der Waals surface area contributed by atoms with Crippen LogP contribution in [0.15, 0.2) is 34.0 Å². The Bertz CT molecular complexity index is 1110. The molecule has 2 heterocycles. The average molecular weight is 402 g/mol. The van der Waals surface area contributed by atoms with Gasteiger partial charge < -0.3 is 0 Å². The summed E-state index contributed by atoms with van der Waals surface area (Å²) >= 11 is 7.25. The predicted molar refractivity (Wildman–Crippen MR) is 91.3 cm³/mol. The van der Waals surface area contributed by atoms with Gasteiger partial charge in [-0.05, 0) is 13.0 Å². The fourth-order valence-corrected chi connectivity index (χ4v) is 3.34. The largest absolute Gasteiger partial charge is 0.332 e. The molecular weight excluding hydrogens is 391 g/mol. The van der Waals surface area contributed by atoms with E-state index in [1.54, 1.807) is 6.20 Å². The minimum Gasteiger partial charge on any atom is -0.279 e. The minimum absolute atomic E-state index is 0.0758. The lowest BCUT2D eigenvalue weighted by molar-refractivity contribution is 0.486. The molecule has 0 spiro atoms. The number of hydrogen-bond acceptors (Lipinski definition) is 4. The van der Waals surface area contributed by atoms with Crippen molar-refractivity contribution in [2.45, 2.75) is 20.0 Å². The van der Waals surface area contributed by atoms with Crippen LogP contribution in [0.25, 0.3) is 0 Å². The van der Waals surface area contributed by atoms with Gasteiger partial charge >= 0.3 is 5.69 Å². The summed E-state index contributed by atoms with van der Waals surface area (Å²) in [6, 6.07) is 2.03. The Morgan fingerprint density at radius 1 is 1.04 bits per heavy atom. The molecule has 0 amide bonds. The van der Waals surface area contributed by atoms with Crippen molar-refractivity contribution < 1.29 is 13.2 Å². The van der Waals surface area contributed by atoms with Crippen molar-refractivity contribution in [1.29, 1.82) is 0 Å². The van der Waals surface area contributed by atoms with E-state index in [9.17, 15) is 22.8 Å². The third-order valence-electron chi connectivity index (χ3n) is 3.61. The van der Waals surface area contributed by atoms with E-state index in [0.29, 0.717) is 17.1 Å². The highest BCUT2D eigenvalue weighted by Crippen LogP contribution is 2.16. The highest BCUT2D eigenvalue weighted by atomic mass is 35.5. The minimum atomic E-state index is -1.34. The molecule has 0 aliphatic heterocycles. The summed E-state index contributed by atoms with van der Waals surface area (Å²) in [6.07, 6.45) is 1.61. The lowest BCUT2D eigenvalue weighted by atomic mass is 10.2. The van der Waals surface area contributed by atoms with E-state index in [0.717, 1.165) is 20.1 Å². The molecule has 0 N–H and O–H groups in total. The molecule has 0 radical (unpaired) electrons. The Kier molecular flexibility index (Phi) is 5.01. The van der Waals surface area contributed by atoms with Crippen molar-refractivity contribution in [2.24, 2.45) is 0 Å². The smallest absolute Gasteiger partial charge is 0.279 e. The van der Waals surface area contributed by atoms with Crippen LogP contribution in [-0.2, 0) is 13.1 Å². The first kappa shape index (κ1) is 18.4. The van der Waals surface area contributed by atoms with Crippen molar-refractivity contribution in [3.05, 3.63) is 83.3 Å². The van der Waals surface area contributed by atoms with E-state index in [2.05, 4.69) is 4.98 Å². The molecule has 1 aromatic carbocycles. The van der Waals surface area contributed by atoms with Crippen LogP contribution in [-0.4, -0.2) is 14.1 Å². The molecule has 26 heavy (non-hydrogen) atoms.